The number of piperazine rings is 1. The normalized spacial score (nSPS) is 23.9. The van der Waals surface area contributed by atoms with E-state index in [4.69, 9.17) is 4.74 Å². The number of ether oxygens (including phenoxy) is 1. The molecular formula is C18H26N2O2. The Morgan fingerprint density at radius 2 is 2.05 bits per heavy atom. The van der Waals surface area contributed by atoms with Gasteiger partial charge in [-0.1, -0.05) is 36.8 Å². The van der Waals surface area contributed by atoms with Crippen LogP contribution in [0.25, 0.3) is 0 Å². The molecule has 4 heteroatoms. The van der Waals surface area contributed by atoms with Gasteiger partial charge in [0.25, 0.3) is 5.91 Å². The molecule has 2 aliphatic rings. The van der Waals surface area contributed by atoms with E-state index in [1.807, 2.05) is 42.2 Å². The number of amides is 1. The number of rotatable bonds is 4. The first-order valence-corrected chi connectivity index (χ1v) is 8.49. The molecule has 0 aromatic heterocycles. The summed E-state index contributed by atoms with van der Waals surface area (Å²) in [6.07, 6.45) is 3.35. The number of carbonyl (C=O) groups excluding carboxylic acids is 1. The third-order valence-corrected chi connectivity index (χ3v) is 4.81. The van der Waals surface area contributed by atoms with E-state index in [2.05, 4.69) is 4.90 Å². The number of nitrogens with zero attached hydrogens (tertiary/aromatic N) is 2. The highest BCUT2D eigenvalue weighted by molar-refractivity contribution is 5.82. The van der Waals surface area contributed by atoms with Gasteiger partial charge >= 0.3 is 0 Å². The van der Waals surface area contributed by atoms with E-state index >= 15 is 0 Å². The van der Waals surface area contributed by atoms with Gasteiger partial charge < -0.3 is 9.64 Å². The highest BCUT2D eigenvalue weighted by Crippen LogP contribution is 2.25. The Labute approximate surface area is 133 Å². The van der Waals surface area contributed by atoms with E-state index in [-0.39, 0.29) is 5.91 Å². The van der Waals surface area contributed by atoms with Crippen LogP contribution < -0.4 is 0 Å². The van der Waals surface area contributed by atoms with Gasteiger partial charge in [0.05, 0.1) is 0 Å². The number of piperidine rings is 1. The fourth-order valence-corrected chi connectivity index (χ4v) is 3.63. The summed E-state index contributed by atoms with van der Waals surface area (Å²) in [4.78, 5) is 17.5. The molecule has 0 N–H and O–H groups in total. The minimum absolute atomic E-state index is 0.123. The minimum atomic E-state index is -0.457. The molecule has 1 aromatic carbocycles. The van der Waals surface area contributed by atoms with E-state index in [9.17, 15) is 4.79 Å². The van der Waals surface area contributed by atoms with Crippen molar-refractivity contribution in [1.82, 2.24) is 9.80 Å². The van der Waals surface area contributed by atoms with Crippen LogP contribution in [0.1, 0.15) is 37.9 Å². The quantitative estimate of drug-likeness (QED) is 0.856. The van der Waals surface area contributed by atoms with E-state index in [1.165, 1.54) is 25.8 Å². The molecule has 2 saturated heterocycles. The van der Waals surface area contributed by atoms with E-state index in [1.54, 1.807) is 0 Å². The zero-order valence-corrected chi connectivity index (χ0v) is 13.4. The third-order valence-electron chi connectivity index (χ3n) is 4.81. The zero-order valence-electron chi connectivity index (χ0n) is 13.4. The molecule has 1 aromatic rings. The highest BCUT2D eigenvalue weighted by atomic mass is 16.5. The Balaban J connectivity index is 1.70. The Kier molecular flexibility index (Phi) is 5.11. The predicted molar refractivity (Wildman–Crippen MR) is 86.6 cm³/mol. The lowest BCUT2D eigenvalue weighted by Crippen LogP contribution is -2.57. The number of hydrogen-bond acceptors (Lipinski definition) is 3. The van der Waals surface area contributed by atoms with E-state index in [0.717, 1.165) is 25.2 Å². The molecule has 0 bridgehead atoms. The van der Waals surface area contributed by atoms with Crippen LogP contribution in [-0.4, -0.2) is 54.5 Å². The maximum absolute atomic E-state index is 12.9. The Hall–Kier alpha value is -1.39. The lowest BCUT2D eigenvalue weighted by atomic mass is 9.98. The van der Waals surface area contributed by atoms with Crippen molar-refractivity contribution in [2.75, 3.05) is 32.8 Å². The molecule has 0 saturated carbocycles. The molecule has 2 heterocycles. The molecule has 0 spiro atoms. The maximum Gasteiger partial charge on any atom is 0.256 e. The first kappa shape index (κ1) is 15.5. The number of carbonyl (C=O) groups is 1. The first-order valence-electron chi connectivity index (χ1n) is 8.49. The lowest BCUT2D eigenvalue weighted by Gasteiger charge is -2.44. The van der Waals surface area contributed by atoms with Gasteiger partial charge in [0.15, 0.2) is 6.10 Å². The molecule has 4 nitrogen and oxygen atoms in total. The van der Waals surface area contributed by atoms with Gasteiger partial charge in [-0.05, 0) is 31.9 Å². The number of benzene rings is 1. The summed E-state index contributed by atoms with van der Waals surface area (Å²) in [5.41, 5.74) is 0.959. The smallest absolute Gasteiger partial charge is 0.256 e. The molecule has 22 heavy (non-hydrogen) atoms. The Morgan fingerprint density at radius 1 is 1.23 bits per heavy atom. The molecule has 2 atom stereocenters. The van der Waals surface area contributed by atoms with Gasteiger partial charge in [-0.3, -0.25) is 9.69 Å². The van der Waals surface area contributed by atoms with Gasteiger partial charge in [-0.2, -0.15) is 0 Å². The summed E-state index contributed by atoms with van der Waals surface area (Å²) in [5, 5.41) is 0. The SMILES string of the molecule is CCOC(C(=O)N1CCN2CCCCC2C1)c1ccccc1. The second-order valence-corrected chi connectivity index (χ2v) is 6.22. The summed E-state index contributed by atoms with van der Waals surface area (Å²) < 4.78 is 5.77. The van der Waals surface area contributed by atoms with Gasteiger partial charge in [-0.15, -0.1) is 0 Å². The number of hydrogen-bond donors (Lipinski definition) is 0. The van der Waals surface area contributed by atoms with Gasteiger partial charge in [0.1, 0.15) is 0 Å². The second kappa shape index (κ2) is 7.25. The molecule has 0 aliphatic carbocycles. The average Bonchev–Trinajstić information content (AvgIpc) is 2.59. The van der Waals surface area contributed by atoms with Gasteiger partial charge in [0, 0.05) is 32.3 Å². The van der Waals surface area contributed by atoms with Crippen molar-refractivity contribution in [3.05, 3.63) is 35.9 Å². The van der Waals surface area contributed by atoms with Crippen molar-refractivity contribution in [2.45, 2.75) is 38.3 Å². The summed E-state index contributed by atoms with van der Waals surface area (Å²) in [6, 6.07) is 10.4. The zero-order chi connectivity index (χ0) is 15.4. The standard InChI is InChI=1S/C18H26N2O2/c1-2-22-17(15-8-4-3-5-9-15)18(21)20-13-12-19-11-7-6-10-16(19)14-20/h3-5,8-9,16-17H,2,6-7,10-14H2,1H3. The largest absolute Gasteiger partial charge is 0.364 e. The molecule has 3 rings (SSSR count). The van der Waals surface area contributed by atoms with Crippen molar-refractivity contribution in [3.63, 3.8) is 0 Å². The fourth-order valence-electron chi connectivity index (χ4n) is 3.63. The van der Waals surface area contributed by atoms with Crippen molar-refractivity contribution < 1.29 is 9.53 Å². The van der Waals surface area contributed by atoms with Crippen LogP contribution in [0.2, 0.25) is 0 Å². The lowest BCUT2D eigenvalue weighted by molar-refractivity contribution is -0.147. The third kappa shape index (κ3) is 3.33. The Bertz CT molecular complexity index is 491. The fraction of sp³-hybridized carbons (Fsp3) is 0.611. The molecular weight excluding hydrogens is 276 g/mol. The monoisotopic (exact) mass is 302 g/mol. The maximum atomic E-state index is 12.9. The summed E-state index contributed by atoms with van der Waals surface area (Å²) >= 11 is 0. The minimum Gasteiger partial charge on any atom is -0.364 e. The Morgan fingerprint density at radius 3 is 2.82 bits per heavy atom. The summed E-state index contributed by atoms with van der Waals surface area (Å²) in [7, 11) is 0. The van der Waals surface area contributed by atoms with Crippen molar-refractivity contribution in [2.24, 2.45) is 0 Å². The molecule has 2 aliphatic heterocycles. The molecule has 2 unspecified atom stereocenters. The molecule has 1 amide bonds. The van der Waals surface area contributed by atoms with Crippen LogP contribution in [0.3, 0.4) is 0 Å². The summed E-state index contributed by atoms with van der Waals surface area (Å²) in [6.45, 7) is 6.38. The average molecular weight is 302 g/mol. The van der Waals surface area contributed by atoms with Crippen LogP contribution in [0.15, 0.2) is 30.3 Å². The van der Waals surface area contributed by atoms with Crippen LogP contribution in [0, 0.1) is 0 Å². The van der Waals surface area contributed by atoms with E-state index in [0.29, 0.717) is 12.6 Å². The second-order valence-electron chi connectivity index (χ2n) is 6.22. The van der Waals surface area contributed by atoms with Crippen LogP contribution in [-0.2, 0) is 9.53 Å². The van der Waals surface area contributed by atoms with Crippen LogP contribution in [0.5, 0.6) is 0 Å². The van der Waals surface area contributed by atoms with Crippen molar-refractivity contribution in [3.8, 4) is 0 Å². The van der Waals surface area contributed by atoms with Crippen LogP contribution >= 0.6 is 0 Å². The first-order chi connectivity index (χ1) is 10.8. The number of fused-ring (bicyclic) bond motifs is 1. The van der Waals surface area contributed by atoms with Crippen molar-refractivity contribution >= 4 is 5.91 Å². The molecule has 2 fully saturated rings. The van der Waals surface area contributed by atoms with Crippen LogP contribution in [0.4, 0.5) is 0 Å². The van der Waals surface area contributed by atoms with Gasteiger partial charge in [-0.25, -0.2) is 0 Å². The highest BCUT2D eigenvalue weighted by Gasteiger charge is 2.34. The van der Waals surface area contributed by atoms with Crippen molar-refractivity contribution in [1.29, 1.82) is 0 Å². The van der Waals surface area contributed by atoms with E-state index < -0.39 is 6.10 Å². The summed E-state index contributed by atoms with van der Waals surface area (Å²) in [5.74, 6) is 0.123. The molecule has 0 radical (unpaired) electrons. The molecule has 120 valence electrons. The van der Waals surface area contributed by atoms with Gasteiger partial charge in [0.2, 0.25) is 0 Å². The predicted octanol–water partition coefficient (Wildman–Crippen LogP) is 2.46. The topological polar surface area (TPSA) is 32.8 Å².